The molecular formula is C19H28N4O. The molecule has 1 saturated carbocycles. The summed E-state index contributed by atoms with van der Waals surface area (Å²) in [6.07, 6.45) is 9.60. The van der Waals surface area contributed by atoms with E-state index in [0.717, 1.165) is 37.8 Å². The third kappa shape index (κ3) is 3.41. The van der Waals surface area contributed by atoms with E-state index in [-0.39, 0.29) is 6.03 Å². The van der Waals surface area contributed by atoms with Gasteiger partial charge >= 0.3 is 6.03 Å². The molecule has 1 N–H and O–H groups in total. The van der Waals surface area contributed by atoms with Crippen molar-refractivity contribution < 1.29 is 4.79 Å². The molecule has 130 valence electrons. The zero-order valence-electron chi connectivity index (χ0n) is 14.4. The van der Waals surface area contributed by atoms with E-state index in [1.807, 2.05) is 23.2 Å². The third-order valence-corrected chi connectivity index (χ3v) is 5.90. The number of likely N-dealkylation sites (tertiary alicyclic amines) is 2. The lowest BCUT2D eigenvalue weighted by Crippen LogP contribution is -2.57. The van der Waals surface area contributed by atoms with Crippen molar-refractivity contribution in [3.05, 3.63) is 30.1 Å². The van der Waals surface area contributed by atoms with Crippen molar-refractivity contribution in [1.82, 2.24) is 20.1 Å². The van der Waals surface area contributed by atoms with Crippen LogP contribution in [0.25, 0.3) is 0 Å². The lowest BCUT2D eigenvalue weighted by atomic mass is 9.96. The normalized spacial score (nSPS) is 26.3. The molecule has 2 saturated heterocycles. The fourth-order valence-electron chi connectivity index (χ4n) is 4.44. The molecule has 5 nitrogen and oxygen atoms in total. The molecule has 0 unspecified atom stereocenters. The fraction of sp³-hybridized carbons (Fsp3) is 0.684. The van der Waals surface area contributed by atoms with Gasteiger partial charge in [-0.1, -0.05) is 18.9 Å². The van der Waals surface area contributed by atoms with E-state index < -0.39 is 0 Å². The molecule has 3 aliphatic rings. The molecule has 1 aliphatic carbocycles. The Balaban J connectivity index is 1.24. The molecule has 0 spiro atoms. The summed E-state index contributed by atoms with van der Waals surface area (Å²) < 4.78 is 0. The van der Waals surface area contributed by atoms with E-state index >= 15 is 0 Å². The van der Waals surface area contributed by atoms with Crippen molar-refractivity contribution in [2.24, 2.45) is 0 Å². The highest BCUT2D eigenvalue weighted by Crippen LogP contribution is 2.27. The number of pyridine rings is 1. The summed E-state index contributed by atoms with van der Waals surface area (Å²) >= 11 is 0. The van der Waals surface area contributed by atoms with Crippen LogP contribution in [-0.2, 0) is 0 Å². The fourth-order valence-corrected chi connectivity index (χ4v) is 4.44. The number of hydrogen-bond acceptors (Lipinski definition) is 3. The standard InChI is InChI=1S/C19H28N4O/c24-19(23-12-15(13-23)18-9-3-4-10-20-18)21-16-6-5-11-22(14-16)17-7-1-2-8-17/h3-4,9-10,15-17H,1-2,5-8,11-14H2,(H,21,24)/t16-/m0/s1. The monoisotopic (exact) mass is 328 g/mol. The molecule has 5 heteroatoms. The quantitative estimate of drug-likeness (QED) is 0.928. The molecule has 1 atom stereocenters. The lowest BCUT2D eigenvalue weighted by molar-refractivity contribution is 0.120. The van der Waals surface area contributed by atoms with Crippen molar-refractivity contribution in [3.8, 4) is 0 Å². The second-order valence-electron chi connectivity index (χ2n) is 7.58. The molecular weight excluding hydrogens is 300 g/mol. The van der Waals surface area contributed by atoms with Gasteiger partial charge in [0.15, 0.2) is 0 Å². The van der Waals surface area contributed by atoms with Gasteiger partial charge in [-0.2, -0.15) is 0 Å². The minimum atomic E-state index is 0.112. The van der Waals surface area contributed by atoms with Crippen LogP contribution >= 0.6 is 0 Å². The minimum absolute atomic E-state index is 0.112. The van der Waals surface area contributed by atoms with Crippen molar-refractivity contribution >= 4 is 6.03 Å². The van der Waals surface area contributed by atoms with E-state index in [2.05, 4.69) is 21.3 Å². The maximum atomic E-state index is 12.5. The Labute approximate surface area is 144 Å². The number of nitrogens with one attached hydrogen (secondary N) is 1. The van der Waals surface area contributed by atoms with E-state index in [1.165, 1.54) is 38.6 Å². The van der Waals surface area contributed by atoms with Crippen LogP contribution in [-0.4, -0.2) is 59.1 Å². The predicted octanol–water partition coefficient (Wildman–Crippen LogP) is 2.60. The van der Waals surface area contributed by atoms with E-state index in [4.69, 9.17) is 0 Å². The Morgan fingerprint density at radius 2 is 1.92 bits per heavy atom. The molecule has 0 radical (unpaired) electrons. The molecule has 0 bridgehead atoms. The summed E-state index contributed by atoms with van der Waals surface area (Å²) in [5.41, 5.74) is 1.10. The zero-order chi connectivity index (χ0) is 16.4. The Morgan fingerprint density at radius 1 is 1.08 bits per heavy atom. The van der Waals surface area contributed by atoms with E-state index in [9.17, 15) is 4.79 Å². The minimum Gasteiger partial charge on any atom is -0.334 e. The summed E-state index contributed by atoms with van der Waals surface area (Å²) in [6.45, 7) is 3.83. The van der Waals surface area contributed by atoms with Gasteiger partial charge in [-0.25, -0.2) is 4.79 Å². The van der Waals surface area contributed by atoms with Crippen LogP contribution in [0.15, 0.2) is 24.4 Å². The molecule has 4 rings (SSSR count). The molecule has 1 aromatic heterocycles. The third-order valence-electron chi connectivity index (χ3n) is 5.90. The summed E-state index contributed by atoms with van der Waals surface area (Å²) in [5, 5.41) is 3.27. The molecule has 1 aromatic rings. The summed E-state index contributed by atoms with van der Waals surface area (Å²) in [5.74, 6) is 0.401. The van der Waals surface area contributed by atoms with Crippen LogP contribution in [0.1, 0.15) is 50.1 Å². The van der Waals surface area contributed by atoms with Crippen LogP contribution in [0, 0.1) is 0 Å². The van der Waals surface area contributed by atoms with Gasteiger partial charge in [0.2, 0.25) is 0 Å². The number of aromatic nitrogens is 1. The first-order chi connectivity index (χ1) is 11.8. The Hall–Kier alpha value is -1.62. The van der Waals surface area contributed by atoms with Crippen molar-refractivity contribution in [3.63, 3.8) is 0 Å². The Kier molecular flexibility index (Phi) is 4.69. The second kappa shape index (κ2) is 7.09. The van der Waals surface area contributed by atoms with Crippen LogP contribution in [0.3, 0.4) is 0 Å². The number of hydrogen-bond donors (Lipinski definition) is 1. The first-order valence-corrected chi connectivity index (χ1v) is 9.50. The Bertz CT molecular complexity index is 552. The zero-order valence-corrected chi connectivity index (χ0v) is 14.4. The van der Waals surface area contributed by atoms with Crippen molar-refractivity contribution in [1.29, 1.82) is 0 Å². The second-order valence-corrected chi connectivity index (χ2v) is 7.58. The molecule has 24 heavy (non-hydrogen) atoms. The maximum absolute atomic E-state index is 12.5. The van der Waals surface area contributed by atoms with Crippen LogP contribution in [0.5, 0.6) is 0 Å². The highest BCUT2D eigenvalue weighted by atomic mass is 16.2. The van der Waals surface area contributed by atoms with Gasteiger partial charge < -0.3 is 10.2 Å². The summed E-state index contributed by atoms with van der Waals surface area (Å²) in [7, 11) is 0. The molecule has 3 fully saturated rings. The predicted molar refractivity (Wildman–Crippen MR) is 93.9 cm³/mol. The maximum Gasteiger partial charge on any atom is 0.317 e. The summed E-state index contributed by atoms with van der Waals surface area (Å²) in [4.78, 5) is 21.4. The van der Waals surface area contributed by atoms with E-state index in [0.29, 0.717) is 12.0 Å². The number of carbonyl (C=O) groups excluding carboxylic acids is 1. The molecule has 0 aromatic carbocycles. The SMILES string of the molecule is O=C(N[C@H]1CCCN(C2CCCC2)C1)N1CC(c2ccccn2)C1. The van der Waals surface area contributed by atoms with Crippen LogP contribution in [0.2, 0.25) is 0 Å². The number of carbonyl (C=O) groups is 1. The molecule has 3 heterocycles. The van der Waals surface area contributed by atoms with Gasteiger partial charge in [0, 0.05) is 49.5 Å². The lowest BCUT2D eigenvalue weighted by Gasteiger charge is -2.41. The van der Waals surface area contributed by atoms with Gasteiger partial charge in [-0.15, -0.1) is 0 Å². The summed E-state index contributed by atoms with van der Waals surface area (Å²) in [6, 6.07) is 7.21. The van der Waals surface area contributed by atoms with Gasteiger partial charge in [0.25, 0.3) is 0 Å². The van der Waals surface area contributed by atoms with Gasteiger partial charge in [-0.3, -0.25) is 9.88 Å². The molecule has 2 aliphatic heterocycles. The highest BCUT2D eigenvalue weighted by molar-refractivity contribution is 5.75. The van der Waals surface area contributed by atoms with Crippen molar-refractivity contribution in [2.75, 3.05) is 26.2 Å². The number of urea groups is 1. The first kappa shape index (κ1) is 15.9. The van der Waals surface area contributed by atoms with Gasteiger partial charge in [0.05, 0.1) is 0 Å². The largest absolute Gasteiger partial charge is 0.334 e. The number of rotatable bonds is 3. The number of amides is 2. The first-order valence-electron chi connectivity index (χ1n) is 9.50. The van der Waals surface area contributed by atoms with Crippen molar-refractivity contribution in [2.45, 2.75) is 56.5 Å². The average Bonchev–Trinajstić information content (AvgIpc) is 3.09. The van der Waals surface area contributed by atoms with Gasteiger partial charge in [-0.05, 0) is 44.4 Å². The average molecular weight is 328 g/mol. The number of piperidine rings is 1. The highest BCUT2D eigenvalue weighted by Gasteiger charge is 2.34. The number of nitrogens with zero attached hydrogens (tertiary/aromatic N) is 3. The molecule has 2 amide bonds. The van der Waals surface area contributed by atoms with Crippen LogP contribution < -0.4 is 5.32 Å². The topological polar surface area (TPSA) is 48.5 Å². The Morgan fingerprint density at radius 3 is 2.67 bits per heavy atom. The van der Waals surface area contributed by atoms with Crippen LogP contribution in [0.4, 0.5) is 4.79 Å². The smallest absolute Gasteiger partial charge is 0.317 e. The van der Waals surface area contributed by atoms with Gasteiger partial charge in [0.1, 0.15) is 0 Å². The van der Waals surface area contributed by atoms with E-state index in [1.54, 1.807) is 0 Å².